The number of hydrogen-bond donors (Lipinski definition) is 2. The van der Waals surface area contributed by atoms with Gasteiger partial charge in [0.15, 0.2) is 5.69 Å². The van der Waals surface area contributed by atoms with Gasteiger partial charge in [-0.2, -0.15) is 5.10 Å². The Hall–Kier alpha value is -2.11. The molecule has 2 atom stereocenters. The van der Waals surface area contributed by atoms with Crippen molar-refractivity contribution < 1.29 is 9.90 Å². The predicted octanol–water partition coefficient (Wildman–Crippen LogP) is 2.50. The fourth-order valence-corrected chi connectivity index (χ4v) is 2.90. The van der Waals surface area contributed by atoms with Gasteiger partial charge in [0.25, 0.3) is 5.91 Å². The average Bonchev–Trinajstić information content (AvgIpc) is 3.13. The van der Waals surface area contributed by atoms with E-state index in [2.05, 4.69) is 10.4 Å². The molecule has 0 spiro atoms. The second-order valence-electron chi connectivity index (χ2n) is 5.71. The van der Waals surface area contributed by atoms with E-state index in [0.717, 1.165) is 17.8 Å². The zero-order chi connectivity index (χ0) is 16.4. The summed E-state index contributed by atoms with van der Waals surface area (Å²) in [6.07, 6.45) is 4.57. The number of aromatic nitrogens is 2. The molecule has 3 rings (SSSR count). The van der Waals surface area contributed by atoms with E-state index in [-0.39, 0.29) is 24.5 Å². The van der Waals surface area contributed by atoms with E-state index in [1.54, 1.807) is 22.9 Å². The summed E-state index contributed by atoms with van der Waals surface area (Å²) in [6, 6.07) is 9.02. The van der Waals surface area contributed by atoms with Crippen molar-refractivity contribution in [1.29, 1.82) is 0 Å². The molecule has 1 amide bonds. The van der Waals surface area contributed by atoms with Crippen LogP contribution in [0.3, 0.4) is 0 Å². The van der Waals surface area contributed by atoms with Crippen molar-refractivity contribution in [3.63, 3.8) is 0 Å². The van der Waals surface area contributed by atoms with E-state index in [0.29, 0.717) is 10.7 Å². The topological polar surface area (TPSA) is 67.2 Å². The van der Waals surface area contributed by atoms with Crippen LogP contribution < -0.4 is 5.32 Å². The number of aryl methyl sites for hydroxylation is 1. The van der Waals surface area contributed by atoms with E-state index in [1.807, 2.05) is 31.2 Å². The van der Waals surface area contributed by atoms with Gasteiger partial charge in [-0.1, -0.05) is 29.8 Å². The zero-order valence-electron chi connectivity index (χ0n) is 12.7. The number of nitrogens with one attached hydrogen (secondary N) is 1. The Morgan fingerprint density at radius 3 is 2.96 bits per heavy atom. The molecule has 0 aliphatic heterocycles. The largest absolute Gasteiger partial charge is 0.396 e. The monoisotopic (exact) mass is 331 g/mol. The first kappa shape index (κ1) is 15.8. The van der Waals surface area contributed by atoms with Gasteiger partial charge in [-0.3, -0.25) is 4.79 Å². The van der Waals surface area contributed by atoms with Gasteiger partial charge in [0, 0.05) is 29.3 Å². The molecule has 23 heavy (non-hydrogen) atoms. The molecule has 2 N–H and O–H groups in total. The Morgan fingerprint density at radius 2 is 2.26 bits per heavy atom. The second-order valence-corrected chi connectivity index (χ2v) is 6.14. The highest BCUT2D eigenvalue weighted by Gasteiger charge is 2.22. The van der Waals surface area contributed by atoms with Gasteiger partial charge in [0.05, 0.1) is 5.69 Å². The van der Waals surface area contributed by atoms with Crippen molar-refractivity contribution >= 4 is 17.5 Å². The number of hydrogen-bond acceptors (Lipinski definition) is 3. The van der Waals surface area contributed by atoms with Gasteiger partial charge < -0.3 is 10.4 Å². The van der Waals surface area contributed by atoms with E-state index < -0.39 is 0 Å². The summed E-state index contributed by atoms with van der Waals surface area (Å²) in [6.45, 7) is 1.99. The minimum Gasteiger partial charge on any atom is -0.396 e. The molecule has 1 aliphatic carbocycles. The standard InChI is InChI=1S/C17H18ClN3O2/c1-11-7-16(17(23)19-14-6-5-12(8-14)10-22)20-21(11)15-4-2-3-13(18)9-15/h2-7,9,12,14,22H,8,10H2,1H3,(H,19,23)/t12-,14+/m0/s1. The van der Waals surface area contributed by atoms with Gasteiger partial charge in [0.1, 0.15) is 0 Å². The molecular weight excluding hydrogens is 314 g/mol. The molecule has 0 bridgehead atoms. The highest BCUT2D eigenvalue weighted by Crippen LogP contribution is 2.19. The van der Waals surface area contributed by atoms with Crippen LogP contribution in [-0.4, -0.2) is 33.4 Å². The predicted molar refractivity (Wildman–Crippen MR) is 88.9 cm³/mol. The second kappa shape index (κ2) is 6.56. The molecule has 1 aromatic carbocycles. The molecular formula is C17H18ClN3O2. The maximum absolute atomic E-state index is 12.4. The fourth-order valence-electron chi connectivity index (χ4n) is 2.71. The summed E-state index contributed by atoms with van der Waals surface area (Å²) in [5.74, 6) is -0.104. The van der Waals surface area contributed by atoms with Crippen LogP contribution in [0, 0.1) is 12.8 Å². The summed E-state index contributed by atoms with van der Waals surface area (Å²) < 4.78 is 1.70. The van der Waals surface area contributed by atoms with Gasteiger partial charge in [0.2, 0.25) is 0 Å². The molecule has 0 unspecified atom stereocenters. The first-order chi connectivity index (χ1) is 11.1. The number of rotatable bonds is 4. The molecule has 5 nitrogen and oxygen atoms in total. The molecule has 1 heterocycles. The third-order valence-corrected chi connectivity index (χ3v) is 4.13. The van der Waals surface area contributed by atoms with Crippen molar-refractivity contribution in [1.82, 2.24) is 15.1 Å². The number of carbonyl (C=O) groups is 1. The van der Waals surface area contributed by atoms with Gasteiger partial charge in [-0.05, 0) is 37.6 Å². The highest BCUT2D eigenvalue weighted by molar-refractivity contribution is 6.30. The van der Waals surface area contributed by atoms with Crippen LogP contribution in [0.15, 0.2) is 42.5 Å². The smallest absolute Gasteiger partial charge is 0.272 e. The lowest BCUT2D eigenvalue weighted by atomic mass is 10.1. The lowest BCUT2D eigenvalue weighted by Crippen LogP contribution is -2.33. The molecule has 120 valence electrons. The summed E-state index contributed by atoms with van der Waals surface area (Å²) in [5, 5.41) is 17.1. The first-order valence-electron chi connectivity index (χ1n) is 7.49. The summed E-state index contributed by atoms with van der Waals surface area (Å²) >= 11 is 6.01. The summed E-state index contributed by atoms with van der Waals surface area (Å²) in [5.41, 5.74) is 2.03. The Bertz CT molecular complexity index is 754. The van der Waals surface area contributed by atoms with Crippen molar-refractivity contribution in [2.45, 2.75) is 19.4 Å². The third-order valence-electron chi connectivity index (χ3n) is 3.90. The average molecular weight is 332 g/mol. The summed E-state index contributed by atoms with van der Waals surface area (Å²) in [7, 11) is 0. The Labute approximate surface area is 139 Å². The number of benzene rings is 1. The minimum atomic E-state index is -0.220. The van der Waals surface area contributed by atoms with E-state index >= 15 is 0 Å². The number of carbonyl (C=O) groups excluding carboxylic acids is 1. The normalized spacial score (nSPS) is 20.0. The number of aliphatic hydroxyl groups excluding tert-OH is 1. The molecule has 0 saturated heterocycles. The maximum Gasteiger partial charge on any atom is 0.272 e. The Kier molecular flexibility index (Phi) is 4.50. The first-order valence-corrected chi connectivity index (χ1v) is 7.87. The molecule has 0 fully saturated rings. The molecule has 0 saturated carbocycles. The third kappa shape index (κ3) is 3.46. The lowest BCUT2D eigenvalue weighted by Gasteiger charge is -2.11. The maximum atomic E-state index is 12.4. The molecule has 6 heteroatoms. The number of nitrogens with zero attached hydrogens (tertiary/aromatic N) is 2. The lowest BCUT2D eigenvalue weighted by molar-refractivity contribution is 0.0935. The van der Waals surface area contributed by atoms with Crippen LogP contribution in [-0.2, 0) is 0 Å². The summed E-state index contributed by atoms with van der Waals surface area (Å²) in [4.78, 5) is 12.4. The molecule has 0 radical (unpaired) electrons. The van der Waals surface area contributed by atoms with Crippen LogP contribution in [0.25, 0.3) is 5.69 Å². The van der Waals surface area contributed by atoms with Crippen LogP contribution in [0.5, 0.6) is 0 Å². The number of amides is 1. The van der Waals surface area contributed by atoms with Crippen molar-refractivity contribution in [2.24, 2.45) is 5.92 Å². The number of aliphatic hydroxyl groups is 1. The minimum absolute atomic E-state index is 0.0590. The van der Waals surface area contributed by atoms with Gasteiger partial charge in [-0.15, -0.1) is 0 Å². The Morgan fingerprint density at radius 1 is 1.43 bits per heavy atom. The van der Waals surface area contributed by atoms with E-state index in [4.69, 9.17) is 16.7 Å². The SMILES string of the molecule is Cc1cc(C(=O)N[C@@H]2C=C[C@H](CO)C2)nn1-c1cccc(Cl)c1. The number of halogens is 1. The quantitative estimate of drug-likeness (QED) is 0.846. The van der Waals surface area contributed by atoms with Crippen LogP contribution in [0.2, 0.25) is 5.02 Å². The van der Waals surface area contributed by atoms with E-state index in [9.17, 15) is 4.79 Å². The molecule has 1 aliphatic rings. The van der Waals surface area contributed by atoms with Gasteiger partial charge >= 0.3 is 0 Å². The van der Waals surface area contributed by atoms with Crippen LogP contribution in [0.1, 0.15) is 22.6 Å². The van der Waals surface area contributed by atoms with Crippen LogP contribution >= 0.6 is 11.6 Å². The van der Waals surface area contributed by atoms with Gasteiger partial charge in [-0.25, -0.2) is 4.68 Å². The molecule has 2 aromatic rings. The zero-order valence-corrected chi connectivity index (χ0v) is 13.5. The van der Waals surface area contributed by atoms with Crippen molar-refractivity contribution in [2.75, 3.05) is 6.61 Å². The highest BCUT2D eigenvalue weighted by atomic mass is 35.5. The fraction of sp³-hybridized carbons (Fsp3) is 0.294. The van der Waals surface area contributed by atoms with Crippen LogP contribution in [0.4, 0.5) is 0 Å². The molecule has 1 aromatic heterocycles. The van der Waals surface area contributed by atoms with E-state index in [1.165, 1.54) is 0 Å². The Balaban J connectivity index is 1.75. The van der Waals surface area contributed by atoms with Crippen molar-refractivity contribution in [3.05, 3.63) is 58.9 Å². The van der Waals surface area contributed by atoms with Crippen molar-refractivity contribution in [3.8, 4) is 5.69 Å².